The zero-order valence-corrected chi connectivity index (χ0v) is 13.2. The second-order valence-electron chi connectivity index (χ2n) is 4.63. The molecule has 0 atom stereocenters. The van der Waals surface area contributed by atoms with Gasteiger partial charge in [0.05, 0.1) is 12.9 Å². The molecule has 0 fully saturated rings. The van der Waals surface area contributed by atoms with E-state index in [2.05, 4.69) is 15.1 Å². The molecule has 0 saturated carbocycles. The van der Waals surface area contributed by atoms with Gasteiger partial charge in [-0.1, -0.05) is 12.1 Å². The summed E-state index contributed by atoms with van der Waals surface area (Å²) in [5.74, 6) is 3.14. The number of hydrogen-bond donors (Lipinski definition) is 0. The highest BCUT2D eigenvalue weighted by atomic mass is 32.2. The van der Waals surface area contributed by atoms with E-state index in [9.17, 15) is 0 Å². The zero-order valence-electron chi connectivity index (χ0n) is 12.4. The number of para-hydroxylation sites is 2. The van der Waals surface area contributed by atoms with Crippen LogP contribution >= 0.6 is 11.8 Å². The molecule has 2 heterocycles. The summed E-state index contributed by atoms with van der Waals surface area (Å²) in [5, 5.41) is 4.50. The van der Waals surface area contributed by atoms with Gasteiger partial charge in [0, 0.05) is 17.3 Å². The van der Waals surface area contributed by atoms with Gasteiger partial charge in [0.25, 0.3) is 0 Å². The summed E-state index contributed by atoms with van der Waals surface area (Å²) < 4.78 is 7.27. The van der Waals surface area contributed by atoms with Crippen LogP contribution < -0.4 is 4.74 Å². The molecule has 1 aromatic carbocycles. The molecule has 0 aliphatic rings. The van der Waals surface area contributed by atoms with Gasteiger partial charge in [-0.2, -0.15) is 5.10 Å². The molecular weight excluding hydrogens is 296 g/mol. The number of aryl methyl sites for hydroxylation is 1. The van der Waals surface area contributed by atoms with Gasteiger partial charge in [-0.3, -0.25) is 4.98 Å². The lowest BCUT2D eigenvalue weighted by Gasteiger charge is -2.10. The van der Waals surface area contributed by atoms with Crippen molar-refractivity contribution in [3.8, 4) is 11.4 Å². The zero-order chi connectivity index (χ0) is 15.4. The van der Waals surface area contributed by atoms with Crippen LogP contribution in [-0.2, 0) is 5.75 Å². The van der Waals surface area contributed by atoms with E-state index < -0.39 is 0 Å². The minimum Gasteiger partial charge on any atom is -0.494 e. The molecule has 0 amide bonds. The average molecular weight is 312 g/mol. The first kappa shape index (κ1) is 14.6. The van der Waals surface area contributed by atoms with E-state index in [0.717, 1.165) is 33.7 Å². The molecule has 0 bridgehead atoms. The molecule has 0 spiro atoms. The number of benzene rings is 1. The smallest absolute Gasteiger partial charge is 0.148 e. The van der Waals surface area contributed by atoms with Crippen LogP contribution in [0.15, 0.2) is 53.7 Å². The summed E-state index contributed by atoms with van der Waals surface area (Å²) in [7, 11) is 1.66. The first-order valence-corrected chi connectivity index (χ1v) is 7.85. The number of aromatic nitrogens is 4. The van der Waals surface area contributed by atoms with Gasteiger partial charge in [0.2, 0.25) is 0 Å². The first-order chi connectivity index (χ1) is 10.8. The summed E-state index contributed by atoms with van der Waals surface area (Å²) in [4.78, 5) is 9.72. The summed E-state index contributed by atoms with van der Waals surface area (Å²) in [6, 6.07) is 11.8. The highest BCUT2D eigenvalue weighted by Crippen LogP contribution is 2.26. The van der Waals surface area contributed by atoms with Crippen molar-refractivity contribution in [3.05, 3.63) is 60.4 Å². The van der Waals surface area contributed by atoms with Crippen LogP contribution in [-0.4, -0.2) is 26.9 Å². The van der Waals surface area contributed by atoms with E-state index in [1.165, 1.54) is 0 Å². The molecule has 0 N–H and O–H groups in total. The Bertz CT molecular complexity index is 758. The first-order valence-electron chi connectivity index (χ1n) is 6.86. The third-order valence-corrected chi connectivity index (χ3v) is 4.12. The number of pyridine rings is 1. The topological polar surface area (TPSA) is 52.8 Å². The Labute approximate surface area is 133 Å². The van der Waals surface area contributed by atoms with Crippen LogP contribution in [0.2, 0.25) is 0 Å². The Balaban J connectivity index is 1.90. The van der Waals surface area contributed by atoms with Crippen LogP contribution in [0.3, 0.4) is 0 Å². The third-order valence-electron chi connectivity index (χ3n) is 3.11. The maximum atomic E-state index is 5.42. The summed E-state index contributed by atoms with van der Waals surface area (Å²) in [6.07, 6.45) is 3.58. The largest absolute Gasteiger partial charge is 0.494 e. The van der Waals surface area contributed by atoms with Crippen molar-refractivity contribution >= 4 is 11.8 Å². The number of nitrogens with zero attached hydrogens (tertiary/aromatic N) is 4. The normalized spacial score (nSPS) is 10.6. The molecule has 3 rings (SSSR count). The Kier molecular flexibility index (Phi) is 4.39. The van der Waals surface area contributed by atoms with Gasteiger partial charge < -0.3 is 4.74 Å². The fourth-order valence-electron chi connectivity index (χ4n) is 2.13. The van der Waals surface area contributed by atoms with E-state index in [1.54, 1.807) is 31.3 Å². The van der Waals surface area contributed by atoms with Gasteiger partial charge in [0.15, 0.2) is 0 Å². The monoisotopic (exact) mass is 312 g/mol. The SMILES string of the molecule is COc1ccccc1-n1nc(C)nc1CSc1ccncc1. The maximum absolute atomic E-state index is 5.42. The molecule has 6 heteroatoms. The van der Waals surface area contributed by atoms with E-state index in [-0.39, 0.29) is 0 Å². The third kappa shape index (κ3) is 3.12. The lowest BCUT2D eigenvalue weighted by atomic mass is 10.3. The Hall–Kier alpha value is -2.34. The van der Waals surface area contributed by atoms with Crippen LogP contribution in [0.1, 0.15) is 11.6 Å². The molecule has 0 saturated heterocycles. The standard InChI is InChI=1S/C16H16N4OS/c1-12-18-16(11-22-13-7-9-17-10-8-13)20(19-12)14-5-3-4-6-15(14)21-2/h3-10H,11H2,1-2H3. The molecule has 3 aromatic rings. The average Bonchev–Trinajstić information content (AvgIpc) is 2.94. The molecule has 0 aliphatic carbocycles. The second-order valence-corrected chi connectivity index (χ2v) is 5.68. The van der Waals surface area contributed by atoms with Gasteiger partial charge >= 0.3 is 0 Å². The van der Waals surface area contributed by atoms with Gasteiger partial charge in [-0.05, 0) is 31.2 Å². The van der Waals surface area contributed by atoms with Gasteiger partial charge in [-0.25, -0.2) is 9.67 Å². The van der Waals surface area contributed by atoms with E-state index >= 15 is 0 Å². The highest BCUT2D eigenvalue weighted by Gasteiger charge is 2.13. The van der Waals surface area contributed by atoms with Crippen LogP contribution in [0, 0.1) is 6.92 Å². The highest BCUT2D eigenvalue weighted by molar-refractivity contribution is 7.98. The molecule has 112 valence electrons. The number of rotatable bonds is 5. The van der Waals surface area contributed by atoms with Crippen LogP contribution in [0.5, 0.6) is 5.75 Å². The molecule has 0 aliphatic heterocycles. The Morgan fingerprint density at radius 1 is 1.14 bits per heavy atom. The van der Waals surface area contributed by atoms with Crippen molar-refractivity contribution < 1.29 is 4.74 Å². The summed E-state index contributed by atoms with van der Waals surface area (Å²) >= 11 is 1.70. The van der Waals surface area contributed by atoms with Gasteiger partial charge in [0.1, 0.15) is 23.1 Å². The molecular formula is C16H16N4OS. The fourth-order valence-corrected chi connectivity index (χ4v) is 2.93. The lowest BCUT2D eigenvalue weighted by molar-refractivity contribution is 0.411. The van der Waals surface area contributed by atoms with Crippen molar-refractivity contribution in [2.45, 2.75) is 17.6 Å². The quantitative estimate of drug-likeness (QED) is 0.677. The summed E-state index contributed by atoms with van der Waals surface area (Å²) in [5.41, 5.74) is 0.899. The van der Waals surface area contributed by atoms with Crippen molar-refractivity contribution in [1.29, 1.82) is 0 Å². The molecule has 22 heavy (non-hydrogen) atoms. The molecule has 0 radical (unpaired) electrons. The van der Waals surface area contributed by atoms with E-state index in [0.29, 0.717) is 0 Å². The Morgan fingerprint density at radius 3 is 2.68 bits per heavy atom. The molecule has 5 nitrogen and oxygen atoms in total. The summed E-state index contributed by atoms with van der Waals surface area (Å²) in [6.45, 7) is 1.90. The maximum Gasteiger partial charge on any atom is 0.148 e. The predicted molar refractivity (Wildman–Crippen MR) is 86.4 cm³/mol. The number of ether oxygens (including phenoxy) is 1. The molecule has 2 aromatic heterocycles. The van der Waals surface area contributed by atoms with Crippen molar-refractivity contribution in [3.63, 3.8) is 0 Å². The predicted octanol–water partition coefficient (Wildman–Crippen LogP) is 3.27. The van der Waals surface area contributed by atoms with Crippen molar-refractivity contribution in [1.82, 2.24) is 19.7 Å². The fraction of sp³-hybridized carbons (Fsp3) is 0.188. The Morgan fingerprint density at radius 2 is 1.91 bits per heavy atom. The number of hydrogen-bond acceptors (Lipinski definition) is 5. The van der Waals surface area contributed by atoms with Gasteiger partial charge in [-0.15, -0.1) is 11.8 Å². The molecule has 0 unspecified atom stereocenters. The second kappa shape index (κ2) is 6.62. The van der Waals surface area contributed by atoms with Crippen LogP contribution in [0.25, 0.3) is 5.69 Å². The lowest BCUT2D eigenvalue weighted by Crippen LogP contribution is -2.04. The van der Waals surface area contributed by atoms with E-state index in [1.807, 2.05) is 48.0 Å². The van der Waals surface area contributed by atoms with Crippen LogP contribution in [0.4, 0.5) is 0 Å². The minimum atomic E-state index is 0.725. The number of methoxy groups -OCH3 is 1. The minimum absolute atomic E-state index is 0.725. The van der Waals surface area contributed by atoms with Crippen molar-refractivity contribution in [2.24, 2.45) is 0 Å². The van der Waals surface area contributed by atoms with E-state index in [4.69, 9.17) is 4.74 Å². The van der Waals surface area contributed by atoms with Crippen molar-refractivity contribution in [2.75, 3.05) is 7.11 Å². The number of thioether (sulfide) groups is 1.